The third-order valence-corrected chi connectivity index (χ3v) is 6.07. The smallest absolute Gasteiger partial charge is 0.110 e. The van der Waals surface area contributed by atoms with Crippen LogP contribution in [0.1, 0.15) is 51.3 Å². The molecule has 0 amide bonds. The molecule has 2 aliphatic rings. The zero-order valence-electron chi connectivity index (χ0n) is 19.9. The van der Waals surface area contributed by atoms with Crippen molar-refractivity contribution in [2.24, 2.45) is 15.9 Å². The van der Waals surface area contributed by atoms with Crippen molar-refractivity contribution in [3.8, 4) is 0 Å². The predicted molar refractivity (Wildman–Crippen MR) is 143 cm³/mol. The fraction of sp³-hybridized carbons (Fsp3) is 0.276. The highest BCUT2D eigenvalue weighted by Gasteiger charge is 2.19. The van der Waals surface area contributed by atoms with Crippen molar-refractivity contribution < 1.29 is 0 Å². The molecular formula is C29H32N4. The van der Waals surface area contributed by atoms with E-state index in [0.29, 0.717) is 12.5 Å². The van der Waals surface area contributed by atoms with Gasteiger partial charge in [-0.1, -0.05) is 51.1 Å². The van der Waals surface area contributed by atoms with Gasteiger partial charge >= 0.3 is 0 Å². The molecule has 2 heterocycles. The largest absolute Gasteiger partial charge is 0.335 e. The minimum absolute atomic E-state index is 0.00485. The number of hydrogen-bond acceptors (Lipinski definition) is 4. The molecule has 0 saturated carbocycles. The van der Waals surface area contributed by atoms with Crippen LogP contribution in [0, 0.1) is 5.92 Å². The number of anilines is 2. The van der Waals surface area contributed by atoms with Crippen molar-refractivity contribution in [1.29, 1.82) is 0 Å². The van der Waals surface area contributed by atoms with E-state index < -0.39 is 0 Å². The number of hydrogen-bond donors (Lipinski definition) is 0. The first-order valence-corrected chi connectivity index (χ1v) is 11.9. The van der Waals surface area contributed by atoms with Crippen LogP contribution in [0.4, 0.5) is 11.4 Å². The van der Waals surface area contributed by atoms with Gasteiger partial charge in [0.15, 0.2) is 0 Å². The van der Waals surface area contributed by atoms with E-state index in [1.54, 1.807) is 6.34 Å². The molecule has 2 aromatic carbocycles. The van der Waals surface area contributed by atoms with Crippen LogP contribution in [0.2, 0.25) is 0 Å². The fourth-order valence-corrected chi connectivity index (χ4v) is 4.37. The van der Waals surface area contributed by atoms with Crippen LogP contribution < -0.4 is 4.90 Å². The average Bonchev–Trinajstić information content (AvgIpc) is 2.87. The number of benzene rings is 2. The third-order valence-electron chi connectivity index (χ3n) is 6.07. The number of pyridine rings is 1. The van der Waals surface area contributed by atoms with E-state index in [1.807, 2.05) is 44.6 Å². The Morgan fingerprint density at radius 3 is 2.58 bits per heavy atom. The zero-order chi connectivity index (χ0) is 23.2. The Labute approximate surface area is 197 Å². The minimum atomic E-state index is 0.00485. The highest BCUT2D eigenvalue weighted by Crippen LogP contribution is 2.39. The lowest BCUT2D eigenvalue weighted by molar-refractivity contribution is 0.739. The summed E-state index contributed by atoms with van der Waals surface area (Å²) >= 11 is 0. The molecule has 0 radical (unpaired) electrons. The minimum Gasteiger partial charge on any atom is -0.335 e. The summed E-state index contributed by atoms with van der Waals surface area (Å²) in [5.74, 6) is 0.600. The third kappa shape index (κ3) is 4.80. The van der Waals surface area contributed by atoms with Gasteiger partial charge in [0.1, 0.15) is 6.34 Å². The molecule has 4 nitrogen and oxygen atoms in total. The van der Waals surface area contributed by atoms with Gasteiger partial charge in [0.25, 0.3) is 0 Å². The first kappa shape index (κ1) is 22.7. The van der Waals surface area contributed by atoms with Gasteiger partial charge in [-0.05, 0) is 71.7 Å². The Bertz CT molecular complexity index is 1220. The number of allylic oxidation sites excluding steroid dienone is 4. The van der Waals surface area contributed by atoms with E-state index >= 15 is 0 Å². The van der Waals surface area contributed by atoms with E-state index in [1.165, 1.54) is 33.2 Å². The molecule has 0 saturated heterocycles. The van der Waals surface area contributed by atoms with Gasteiger partial charge in [0, 0.05) is 35.4 Å². The lowest BCUT2D eigenvalue weighted by Gasteiger charge is -2.27. The lowest BCUT2D eigenvalue weighted by Crippen LogP contribution is -2.20. The first-order chi connectivity index (χ1) is 16.2. The van der Waals surface area contributed by atoms with Crippen LogP contribution in [0.3, 0.4) is 0 Å². The van der Waals surface area contributed by atoms with Gasteiger partial charge in [-0.2, -0.15) is 0 Å². The molecular weight excluding hydrogens is 404 g/mol. The van der Waals surface area contributed by atoms with Crippen LogP contribution >= 0.6 is 0 Å². The summed E-state index contributed by atoms with van der Waals surface area (Å²) in [5, 5.41) is 2.48. The summed E-state index contributed by atoms with van der Waals surface area (Å²) < 4.78 is 0. The maximum absolute atomic E-state index is 4.72. The van der Waals surface area contributed by atoms with Crippen LogP contribution in [0.15, 0.2) is 83.1 Å². The molecule has 0 fully saturated rings. The second-order valence-corrected chi connectivity index (χ2v) is 8.26. The van der Waals surface area contributed by atoms with Crippen molar-refractivity contribution in [3.63, 3.8) is 0 Å². The van der Waals surface area contributed by atoms with Crippen LogP contribution in [0.25, 0.3) is 16.3 Å². The molecule has 168 valence electrons. The van der Waals surface area contributed by atoms with Crippen molar-refractivity contribution in [1.82, 2.24) is 4.98 Å². The van der Waals surface area contributed by atoms with E-state index in [-0.39, 0.29) is 6.04 Å². The van der Waals surface area contributed by atoms with Crippen molar-refractivity contribution >= 4 is 40.3 Å². The molecule has 4 heteroatoms. The topological polar surface area (TPSA) is 40.9 Å². The summed E-state index contributed by atoms with van der Waals surface area (Å²) in [6.07, 6.45) is 15.3. The van der Waals surface area contributed by atoms with E-state index in [4.69, 9.17) is 4.99 Å². The van der Waals surface area contributed by atoms with Crippen molar-refractivity contribution in [3.05, 3.63) is 84.2 Å². The van der Waals surface area contributed by atoms with Crippen molar-refractivity contribution in [2.75, 3.05) is 11.4 Å². The standard InChI is InChI=1S/C27H26N4.C2H6/c1-19-6-8-21(9-7-19)23-16-22-4-3-5-26-27(22)25(17-23)20(2)30-18-29-14-15-31(26)24-10-12-28-13-11-24;1-2/h3-6,8-14,16-20H,7,15H2,1-2H3;1-2H3. The molecule has 0 N–H and O–H groups in total. The fourth-order valence-electron chi connectivity index (χ4n) is 4.37. The highest BCUT2D eigenvalue weighted by atomic mass is 15.1. The number of aliphatic imine (C=N–C) groups is 2. The molecule has 5 rings (SSSR count). The molecule has 3 aromatic rings. The SMILES string of the molecule is CC.CC1C=CC(c2cc3c4c(cccc4c2)N(c2ccncc2)CC=NC=NC3C)=CC1. The molecule has 1 aromatic heterocycles. The van der Waals surface area contributed by atoms with Gasteiger partial charge in [-0.25, -0.2) is 4.99 Å². The Morgan fingerprint density at radius 1 is 1.00 bits per heavy atom. The lowest BCUT2D eigenvalue weighted by atomic mass is 9.89. The average molecular weight is 437 g/mol. The highest BCUT2D eigenvalue weighted by molar-refractivity contribution is 6.02. The van der Waals surface area contributed by atoms with Crippen LogP contribution in [-0.4, -0.2) is 24.1 Å². The molecule has 0 spiro atoms. The predicted octanol–water partition coefficient (Wildman–Crippen LogP) is 7.55. The quantitative estimate of drug-likeness (QED) is 0.416. The molecule has 2 atom stereocenters. The number of nitrogens with zero attached hydrogens (tertiary/aromatic N) is 4. The Hall–Kier alpha value is -3.53. The molecule has 2 unspecified atom stereocenters. The van der Waals surface area contributed by atoms with Crippen LogP contribution in [0.5, 0.6) is 0 Å². The molecule has 1 aliphatic carbocycles. The summed E-state index contributed by atoms with van der Waals surface area (Å²) in [6.45, 7) is 9.06. The molecule has 0 bridgehead atoms. The summed E-state index contributed by atoms with van der Waals surface area (Å²) in [4.78, 5) is 15.6. The molecule has 1 aliphatic heterocycles. The first-order valence-electron chi connectivity index (χ1n) is 11.9. The van der Waals surface area contributed by atoms with E-state index in [2.05, 4.69) is 77.3 Å². The van der Waals surface area contributed by atoms with Gasteiger partial charge in [-0.15, -0.1) is 0 Å². The second kappa shape index (κ2) is 10.4. The normalized spacial score (nSPS) is 19.6. The monoisotopic (exact) mass is 436 g/mol. The Balaban J connectivity index is 0.00000126. The Morgan fingerprint density at radius 2 is 1.82 bits per heavy atom. The summed E-state index contributed by atoms with van der Waals surface area (Å²) in [7, 11) is 0. The van der Waals surface area contributed by atoms with Gasteiger partial charge in [0.05, 0.1) is 12.6 Å². The van der Waals surface area contributed by atoms with Crippen LogP contribution in [-0.2, 0) is 0 Å². The van der Waals surface area contributed by atoms with Gasteiger partial charge < -0.3 is 4.90 Å². The summed E-state index contributed by atoms with van der Waals surface area (Å²) in [5.41, 5.74) is 6.03. The number of aromatic nitrogens is 1. The number of rotatable bonds is 2. The summed E-state index contributed by atoms with van der Waals surface area (Å²) in [6, 6.07) is 15.3. The maximum atomic E-state index is 4.72. The molecule has 33 heavy (non-hydrogen) atoms. The van der Waals surface area contributed by atoms with E-state index in [0.717, 1.165) is 12.1 Å². The van der Waals surface area contributed by atoms with Gasteiger partial charge in [-0.3, -0.25) is 9.98 Å². The second-order valence-electron chi connectivity index (χ2n) is 8.26. The van der Waals surface area contributed by atoms with Crippen molar-refractivity contribution in [2.45, 2.75) is 40.2 Å². The Kier molecular flexibility index (Phi) is 7.13. The maximum Gasteiger partial charge on any atom is 0.110 e. The van der Waals surface area contributed by atoms with E-state index in [9.17, 15) is 0 Å². The zero-order valence-corrected chi connectivity index (χ0v) is 19.9. The van der Waals surface area contributed by atoms with Gasteiger partial charge in [0.2, 0.25) is 0 Å².